The number of aromatic nitrogens is 1. The van der Waals surface area contributed by atoms with Gasteiger partial charge in [-0.2, -0.15) is 0 Å². The van der Waals surface area contributed by atoms with E-state index in [-0.39, 0.29) is 16.7 Å². The molecular weight excluding hydrogens is 397 g/mol. The molecule has 0 saturated carbocycles. The highest BCUT2D eigenvalue weighted by molar-refractivity contribution is 8.00. The third-order valence-corrected chi connectivity index (χ3v) is 5.71. The zero-order valence-corrected chi connectivity index (χ0v) is 16.9. The molecule has 1 unspecified atom stereocenters. The predicted molar refractivity (Wildman–Crippen MR) is 112 cm³/mol. The van der Waals surface area contributed by atoms with E-state index in [0.717, 1.165) is 10.6 Å². The summed E-state index contributed by atoms with van der Waals surface area (Å²) in [6.07, 6.45) is 0. The van der Waals surface area contributed by atoms with Gasteiger partial charge in [0.15, 0.2) is 5.13 Å². The molecule has 2 aromatic carbocycles. The Hall–Kier alpha value is -2.71. The average Bonchev–Trinajstić information content (AvgIpc) is 3.07. The number of carbonyl (C=O) groups excluding carboxylic acids is 2. The standard InChI is InChI=1S/C20H18FN3O2S2/c1-12-11-27-20(22-12)24-18(25)13(2)28-15-7-5-6-14(10-15)23-19(26)16-8-3-4-9-17(16)21/h3-11,13H,1-2H3,(H,23,26)(H,22,24,25). The highest BCUT2D eigenvalue weighted by atomic mass is 32.2. The first-order chi connectivity index (χ1) is 13.4. The maximum atomic E-state index is 13.7. The van der Waals surface area contributed by atoms with E-state index in [1.165, 1.54) is 41.3 Å². The highest BCUT2D eigenvalue weighted by Crippen LogP contribution is 2.27. The summed E-state index contributed by atoms with van der Waals surface area (Å²) >= 11 is 2.74. The molecule has 144 valence electrons. The van der Waals surface area contributed by atoms with E-state index in [2.05, 4.69) is 15.6 Å². The van der Waals surface area contributed by atoms with Crippen LogP contribution in [0.2, 0.25) is 0 Å². The zero-order chi connectivity index (χ0) is 20.1. The normalized spacial score (nSPS) is 11.7. The first kappa shape index (κ1) is 20.0. The van der Waals surface area contributed by atoms with Crippen LogP contribution in [0.4, 0.5) is 15.2 Å². The number of rotatable bonds is 6. The number of carbonyl (C=O) groups is 2. The van der Waals surface area contributed by atoms with Crippen LogP contribution in [0.15, 0.2) is 58.8 Å². The minimum atomic E-state index is -0.576. The molecule has 1 atom stereocenters. The van der Waals surface area contributed by atoms with E-state index in [1.807, 2.05) is 18.4 Å². The van der Waals surface area contributed by atoms with E-state index < -0.39 is 11.7 Å². The van der Waals surface area contributed by atoms with Crippen molar-refractivity contribution in [3.63, 3.8) is 0 Å². The summed E-state index contributed by atoms with van der Waals surface area (Å²) in [5, 5.41) is 7.56. The Kier molecular flexibility index (Phi) is 6.43. The van der Waals surface area contributed by atoms with E-state index in [4.69, 9.17) is 0 Å². The summed E-state index contributed by atoms with van der Waals surface area (Å²) < 4.78 is 13.7. The van der Waals surface area contributed by atoms with Crippen molar-refractivity contribution in [2.45, 2.75) is 24.0 Å². The first-order valence-corrected chi connectivity index (χ1v) is 10.2. The van der Waals surface area contributed by atoms with Gasteiger partial charge in [0.05, 0.1) is 16.5 Å². The molecule has 0 bridgehead atoms. The molecular formula is C20H18FN3O2S2. The van der Waals surface area contributed by atoms with Gasteiger partial charge in [0.2, 0.25) is 5.91 Å². The van der Waals surface area contributed by atoms with Crippen molar-refractivity contribution < 1.29 is 14.0 Å². The van der Waals surface area contributed by atoms with Gasteiger partial charge in [-0.1, -0.05) is 18.2 Å². The fraction of sp³-hybridized carbons (Fsp3) is 0.150. The molecule has 2 amide bonds. The molecule has 2 N–H and O–H groups in total. The van der Waals surface area contributed by atoms with Gasteiger partial charge in [-0.15, -0.1) is 23.1 Å². The van der Waals surface area contributed by atoms with Crippen molar-refractivity contribution in [3.8, 4) is 0 Å². The SMILES string of the molecule is Cc1csc(NC(=O)C(C)Sc2cccc(NC(=O)c3ccccc3F)c2)n1. The molecule has 0 aliphatic carbocycles. The van der Waals surface area contributed by atoms with Gasteiger partial charge in [-0.3, -0.25) is 9.59 Å². The lowest BCUT2D eigenvalue weighted by Gasteiger charge is -2.12. The molecule has 8 heteroatoms. The zero-order valence-electron chi connectivity index (χ0n) is 15.2. The fourth-order valence-electron chi connectivity index (χ4n) is 2.37. The Labute approximate surface area is 170 Å². The Morgan fingerprint density at radius 1 is 1.14 bits per heavy atom. The van der Waals surface area contributed by atoms with E-state index in [1.54, 1.807) is 31.2 Å². The molecule has 0 radical (unpaired) electrons. The predicted octanol–water partition coefficient (Wildman–Crippen LogP) is 4.96. The maximum Gasteiger partial charge on any atom is 0.258 e. The molecule has 0 saturated heterocycles. The van der Waals surface area contributed by atoms with Crippen LogP contribution < -0.4 is 10.6 Å². The first-order valence-electron chi connectivity index (χ1n) is 8.48. The van der Waals surface area contributed by atoms with Gasteiger partial charge in [0, 0.05) is 16.0 Å². The topological polar surface area (TPSA) is 71.1 Å². The van der Waals surface area contributed by atoms with Crippen LogP contribution in [-0.2, 0) is 4.79 Å². The number of hydrogen-bond donors (Lipinski definition) is 2. The molecule has 3 rings (SSSR count). The van der Waals surface area contributed by atoms with Gasteiger partial charge in [0.25, 0.3) is 5.91 Å². The number of thiazole rings is 1. The van der Waals surface area contributed by atoms with Crippen molar-refractivity contribution in [3.05, 3.63) is 71.0 Å². The second kappa shape index (κ2) is 8.99. The number of amides is 2. The third-order valence-electron chi connectivity index (χ3n) is 3.74. The number of halogens is 1. The number of anilines is 2. The second-order valence-corrected chi connectivity index (χ2v) is 8.28. The summed E-state index contributed by atoms with van der Waals surface area (Å²) in [5.74, 6) is -1.25. The molecule has 0 aliphatic rings. The molecule has 5 nitrogen and oxygen atoms in total. The molecule has 1 aromatic heterocycles. The van der Waals surface area contributed by atoms with Gasteiger partial charge in [-0.25, -0.2) is 9.37 Å². The van der Waals surface area contributed by atoms with Crippen molar-refractivity contribution >= 4 is 45.7 Å². The van der Waals surface area contributed by atoms with Crippen molar-refractivity contribution in [1.82, 2.24) is 4.98 Å². The number of nitrogens with zero attached hydrogens (tertiary/aromatic N) is 1. The Morgan fingerprint density at radius 2 is 1.93 bits per heavy atom. The van der Waals surface area contributed by atoms with Gasteiger partial charge < -0.3 is 10.6 Å². The van der Waals surface area contributed by atoms with E-state index in [0.29, 0.717) is 10.8 Å². The maximum absolute atomic E-state index is 13.7. The van der Waals surface area contributed by atoms with Crippen LogP contribution in [0.1, 0.15) is 23.0 Å². The second-order valence-electron chi connectivity index (χ2n) is 6.01. The summed E-state index contributed by atoms with van der Waals surface area (Å²) in [4.78, 5) is 29.6. The quantitative estimate of drug-likeness (QED) is 0.558. The summed E-state index contributed by atoms with van der Waals surface area (Å²) in [6.45, 7) is 3.66. The van der Waals surface area contributed by atoms with Gasteiger partial charge in [-0.05, 0) is 44.2 Å². The molecule has 0 spiro atoms. The number of thioether (sulfide) groups is 1. The van der Waals surface area contributed by atoms with Crippen molar-refractivity contribution in [2.24, 2.45) is 0 Å². The lowest BCUT2D eigenvalue weighted by Crippen LogP contribution is -2.22. The number of hydrogen-bond acceptors (Lipinski definition) is 5. The Balaban J connectivity index is 1.63. The lowest BCUT2D eigenvalue weighted by molar-refractivity contribution is -0.115. The van der Waals surface area contributed by atoms with E-state index in [9.17, 15) is 14.0 Å². The monoisotopic (exact) mass is 415 g/mol. The molecule has 0 aliphatic heterocycles. The Morgan fingerprint density at radius 3 is 2.64 bits per heavy atom. The van der Waals surface area contributed by atoms with Gasteiger partial charge in [0.1, 0.15) is 5.82 Å². The summed E-state index contributed by atoms with van der Waals surface area (Å²) in [7, 11) is 0. The van der Waals surface area contributed by atoms with Crippen molar-refractivity contribution in [2.75, 3.05) is 10.6 Å². The number of aryl methyl sites for hydroxylation is 1. The van der Waals surface area contributed by atoms with Crippen LogP contribution in [0, 0.1) is 12.7 Å². The van der Waals surface area contributed by atoms with Crippen LogP contribution in [0.3, 0.4) is 0 Å². The van der Waals surface area contributed by atoms with E-state index >= 15 is 0 Å². The molecule has 0 fully saturated rings. The molecule has 28 heavy (non-hydrogen) atoms. The van der Waals surface area contributed by atoms with Gasteiger partial charge >= 0.3 is 0 Å². The highest BCUT2D eigenvalue weighted by Gasteiger charge is 2.17. The summed E-state index contributed by atoms with van der Waals surface area (Å²) in [6, 6.07) is 12.9. The van der Waals surface area contributed by atoms with Crippen LogP contribution >= 0.6 is 23.1 Å². The smallest absolute Gasteiger partial charge is 0.258 e. The minimum Gasteiger partial charge on any atom is -0.322 e. The lowest BCUT2D eigenvalue weighted by atomic mass is 10.2. The average molecular weight is 416 g/mol. The molecule has 3 aromatic rings. The third kappa shape index (κ3) is 5.17. The minimum absolute atomic E-state index is 0.0213. The number of benzene rings is 2. The summed E-state index contributed by atoms with van der Waals surface area (Å²) in [5.41, 5.74) is 1.37. The fourth-order valence-corrected chi connectivity index (χ4v) is 3.98. The largest absolute Gasteiger partial charge is 0.322 e. The van der Waals surface area contributed by atoms with Crippen molar-refractivity contribution in [1.29, 1.82) is 0 Å². The molecule has 1 heterocycles. The Bertz CT molecular complexity index is 1010. The van der Waals surface area contributed by atoms with Crippen LogP contribution in [-0.4, -0.2) is 22.0 Å². The number of nitrogens with one attached hydrogen (secondary N) is 2. The van der Waals surface area contributed by atoms with Crippen LogP contribution in [0.5, 0.6) is 0 Å². The van der Waals surface area contributed by atoms with Crippen LogP contribution in [0.25, 0.3) is 0 Å².